The van der Waals surface area contributed by atoms with Gasteiger partial charge in [-0.2, -0.15) is 0 Å². The maximum Gasteiger partial charge on any atom is 0.235 e. The fourth-order valence-corrected chi connectivity index (χ4v) is 11.5. The summed E-state index contributed by atoms with van der Waals surface area (Å²) < 4.78 is 4.73. The average molecular weight is 837 g/mol. The van der Waals surface area contributed by atoms with Crippen molar-refractivity contribution in [3.05, 3.63) is 218 Å². The molecule has 4 heteroatoms. The number of benzene rings is 12. The van der Waals surface area contributed by atoms with Crippen molar-refractivity contribution >= 4 is 108 Å². The summed E-state index contributed by atoms with van der Waals surface area (Å²) in [6.45, 7) is 0. The molecule has 0 saturated carbocycles. The second-order valence-corrected chi connectivity index (χ2v) is 17.6. The van der Waals surface area contributed by atoms with Crippen LogP contribution in [0.1, 0.15) is 0 Å². The molecular formula is C62H36N4. The van der Waals surface area contributed by atoms with E-state index in [-0.39, 0.29) is 0 Å². The van der Waals surface area contributed by atoms with Crippen LogP contribution in [0.5, 0.6) is 0 Å². The van der Waals surface area contributed by atoms with Crippen LogP contribution < -0.4 is 0 Å². The zero-order valence-electron chi connectivity index (χ0n) is 35.6. The lowest BCUT2D eigenvalue weighted by atomic mass is 9.87. The van der Waals surface area contributed by atoms with Gasteiger partial charge in [0.15, 0.2) is 0 Å². The van der Waals surface area contributed by atoms with Gasteiger partial charge < -0.3 is 4.57 Å². The van der Waals surface area contributed by atoms with Crippen molar-refractivity contribution < 1.29 is 0 Å². The molecule has 0 aliphatic rings. The van der Waals surface area contributed by atoms with Crippen molar-refractivity contribution in [2.75, 3.05) is 0 Å². The summed E-state index contributed by atoms with van der Waals surface area (Å²) in [5, 5.41) is 18.1. The van der Waals surface area contributed by atoms with Crippen LogP contribution in [0.15, 0.2) is 218 Å². The van der Waals surface area contributed by atoms with Gasteiger partial charge in [-0.25, -0.2) is 9.97 Å². The van der Waals surface area contributed by atoms with E-state index < -0.39 is 0 Å². The molecule has 0 spiro atoms. The minimum atomic E-state index is 0.656. The molecule has 304 valence electrons. The Balaban J connectivity index is 1.09. The zero-order valence-corrected chi connectivity index (χ0v) is 35.6. The Morgan fingerprint density at radius 3 is 1.73 bits per heavy atom. The van der Waals surface area contributed by atoms with E-state index in [4.69, 9.17) is 9.97 Å². The Morgan fingerprint density at radius 1 is 0.288 bits per heavy atom. The first-order valence-electron chi connectivity index (χ1n) is 22.7. The summed E-state index contributed by atoms with van der Waals surface area (Å²) in [5.74, 6) is 0.656. The van der Waals surface area contributed by atoms with Crippen molar-refractivity contribution in [3.63, 3.8) is 0 Å². The van der Waals surface area contributed by atoms with Crippen molar-refractivity contribution in [3.8, 4) is 34.0 Å². The van der Waals surface area contributed by atoms with Crippen LogP contribution in [0.25, 0.3) is 142 Å². The quantitative estimate of drug-likeness (QED) is 0.166. The van der Waals surface area contributed by atoms with Crippen LogP contribution in [-0.2, 0) is 0 Å². The van der Waals surface area contributed by atoms with E-state index in [1.165, 1.54) is 86.8 Å². The first kappa shape index (κ1) is 35.6. The molecule has 0 aliphatic heterocycles. The number of hydrogen-bond donors (Lipinski definition) is 0. The molecule has 3 heterocycles. The van der Waals surface area contributed by atoms with Gasteiger partial charge in [-0.05, 0) is 96.7 Å². The first-order chi connectivity index (χ1) is 32.8. The summed E-state index contributed by atoms with van der Waals surface area (Å²) in [5.41, 5.74) is 11.0. The molecule has 0 fully saturated rings. The molecule has 0 radical (unpaired) electrons. The van der Waals surface area contributed by atoms with Crippen LogP contribution in [-0.4, -0.2) is 19.1 Å². The smallest absolute Gasteiger partial charge is 0.235 e. The number of fused-ring (bicyclic) bond motifs is 14. The third kappa shape index (κ3) is 4.77. The predicted octanol–water partition coefficient (Wildman–Crippen LogP) is 16.4. The van der Waals surface area contributed by atoms with Crippen molar-refractivity contribution in [2.45, 2.75) is 0 Å². The van der Waals surface area contributed by atoms with Gasteiger partial charge in [-0.15, -0.1) is 0 Å². The summed E-state index contributed by atoms with van der Waals surface area (Å²) >= 11 is 0. The minimum absolute atomic E-state index is 0.656. The fraction of sp³-hybridized carbons (Fsp3) is 0. The minimum Gasteiger partial charge on any atom is -0.309 e. The number of para-hydroxylation sites is 2. The van der Waals surface area contributed by atoms with E-state index in [1.54, 1.807) is 0 Å². The van der Waals surface area contributed by atoms with Gasteiger partial charge in [0.1, 0.15) is 0 Å². The van der Waals surface area contributed by atoms with Gasteiger partial charge in [0.25, 0.3) is 0 Å². The molecule has 12 aromatic carbocycles. The molecule has 0 atom stereocenters. The molecule has 0 N–H and O–H groups in total. The SMILES string of the molecule is c1ccc(-c2nc(-n3c4cccc5c6c7ccccc7ccc6c6c(-c7ccc8c(c7)c7ccccc7n8-c7ccccc7)ccc3c6c54)nc3c4ccccc4c4ccccc4c23)cc1. The summed E-state index contributed by atoms with van der Waals surface area (Å²) in [6.07, 6.45) is 0. The van der Waals surface area contributed by atoms with E-state index >= 15 is 0 Å². The van der Waals surface area contributed by atoms with Gasteiger partial charge in [0.05, 0.1) is 33.3 Å². The number of rotatable bonds is 4. The Kier molecular flexibility index (Phi) is 7.19. The van der Waals surface area contributed by atoms with Gasteiger partial charge in [-0.3, -0.25) is 4.57 Å². The fourth-order valence-electron chi connectivity index (χ4n) is 11.5. The normalized spacial score (nSPS) is 12.2. The molecule has 66 heavy (non-hydrogen) atoms. The Bertz CT molecular complexity index is 4500. The number of hydrogen-bond acceptors (Lipinski definition) is 2. The first-order valence-corrected chi connectivity index (χ1v) is 22.7. The predicted molar refractivity (Wildman–Crippen MR) is 278 cm³/mol. The standard InChI is InChI=1S/C62H36N4/c1-3-17-38(18-4-1)60-58-46-25-11-9-22-43(46)44-23-10-12-26-47(44)61(58)64-62(63-60)66-53-29-15-27-48-55-41-21-8-7-16-37(41)30-32-49(55)56-42(33-35-54(66)59(56)57(48)53)39-31-34-52-50(36-39)45-24-13-14-28-51(45)65(52)40-19-5-2-6-20-40/h1-36H. The lowest BCUT2D eigenvalue weighted by Gasteiger charge is -2.16. The topological polar surface area (TPSA) is 35.6 Å². The molecule has 15 rings (SSSR count). The van der Waals surface area contributed by atoms with Crippen LogP contribution >= 0.6 is 0 Å². The Hall–Kier alpha value is -8.86. The van der Waals surface area contributed by atoms with Crippen LogP contribution in [0.2, 0.25) is 0 Å². The van der Waals surface area contributed by atoms with Crippen LogP contribution in [0.3, 0.4) is 0 Å². The molecule has 15 aromatic rings. The highest BCUT2D eigenvalue weighted by atomic mass is 15.2. The van der Waals surface area contributed by atoms with Crippen molar-refractivity contribution in [2.24, 2.45) is 0 Å². The number of nitrogens with zero attached hydrogens (tertiary/aromatic N) is 4. The lowest BCUT2D eigenvalue weighted by Crippen LogP contribution is -2.04. The van der Waals surface area contributed by atoms with Gasteiger partial charge in [-0.1, -0.05) is 176 Å². The van der Waals surface area contributed by atoms with Crippen molar-refractivity contribution in [1.82, 2.24) is 19.1 Å². The Morgan fingerprint density at radius 2 is 0.894 bits per heavy atom. The summed E-state index contributed by atoms with van der Waals surface area (Å²) in [7, 11) is 0. The van der Waals surface area contributed by atoms with E-state index in [1.807, 2.05) is 0 Å². The van der Waals surface area contributed by atoms with Gasteiger partial charge in [0.2, 0.25) is 5.95 Å². The molecule has 3 aromatic heterocycles. The van der Waals surface area contributed by atoms with E-state index in [0.29, 0.717) is 5.95 Å². The molecule has 0 bridgehead atoms. The summed E-state index contributed by atoms with van der Waals surface area (Å²) in [4.78, 5) is 11.4. The highest BCUT2D eigenvalue weighted by molar-refractivity contribution is 6.40. The second kappa shape index (κ2) is 13.3. The van der Waals surface area contributed by atoms with Crippen molar-refractivity contribution in [1.29, 1.82) is 0 Å². The van der Waals surface area contributed by atoms with Crippen LogP contribution in [0.4, 0.5) is 0 Å². The molecule has 4 nitrogen and oxygen atoms in total. The molecule has 0 aliphatic carbocycles. The third-order valence-electron chi connectivity index (χ3n) is 14.2. The summed E-state index contributed by atoms with van der Waals surface area (Å²) in [6, 6.07) is 79.5. The largest absolute Gasteiger partial charge is 0.309 e. The lowest BCUT2D eigenvalue weighted by molar-refractivity contribution is 1.02. The molecular weight excluding hydrogens is 801 g/mol. The highest BCUT2D eigenvalue weighted by Crippen LogP contribution is 2.49. The Labute approximate surface area is 378 Å². The van der Waals surface area contributed by atoms with E-state index in [0.717, 1.165) is 49.7 Å². The highest BCUT2D eigenvalue weighted by Gasteiger charge is 2.26. The molecule has 0 saturated heterocycles. The van der Waals surface area contributed by atoms with Gasteiger partial charge >= 0.3 is 0 Å². The number of aromatic nitrogens is 4. The maximum atomic E-state index is 5.68. The van der Waals surface area contributed by atoms with E-state index in [9.17, 15) is 0 Å². The van der Waals surface area contributed by atoms with E-state index in [2.05, 4.69) is 228 Å². The zero-order chi connectivity index (χ0) is 43.0. The monoisotopic (exact) mass is 836 g/mol. The average Bonchev–Trinajstić information content (AvgIpc) is 3.91. The van der Waals surface area contributed by atoms with Crippen LogP contribution in [0, 0.1) is 0 Å². The maximum absolute atomic E-state index is 5.68. The molecule has 0 amide bonds. The molecule has 0 unspecified atom stereocenters. The van der Waals surface area contributed by atoms with Gasteiger partial charge in [0, 0.05) is 49.0 Å². The second-order valence-electron chi connectivity index (χ2n) is 17.6. The third-order valence-corrected chi connectivity index (χ3v) is 14.2.